The molecular formula is C8H7BrN. The molecule has 1 heterocycles. The van der Waals surface area contributed by atoms with Crippen LogP contribution in [0.15, 0.2) is 22.7 Å². The van der Waals surface area contributed by atoms with E-state index in [4.69, 9.17) is 0 Å². The van der Waals surface area contributed by atoms with E-state index in [0.29, 0.717) is 0 Å². The lowest BCUT2D eigenvalue weighted by Gasteiger charge is -1.97. The van der Waals surface area contributed by atoms with Crippen molar-refractivity contribution in [3.63, 3.8) is 0 Å². The standard InChI is InChI=1S/C8H7BrN/c9-7-3-1-2-6-4-5-10-8(6)7/h1-3H,4-5H2. The fourth-order valence-corrected chi connectivity index (χ4v) is 1.76. The first-order valence-corrected chi connectivity index (χ1v) is 4.12. The number of halogens is 1. The molecule has 0 N–H and O–H groups in total. The number of fused-ring (bicyclic) bond motifs is 1. The summed E-state index contributed by atoms with van der Waals surface area (Å²) in [6.07, 6.45) is 1.11. The molecule has 0 fully saturated rings. The van der Waals surface area contributed by atoms with Crippen molar-refractivity contribution >= 4 is 21.6 Å². The maximum Gasteiger partial charge on any atom is 0.0749 e. The molecule has 10 heavy (non-hydrogen) atoms. The minimum atomic E-state index is 0.956. The number of para-hydroxylation sites is 1. The van der Waals surface area contributed by atoms with Crippen LogP contribution < -0.4 is 5.32 Å². The number of nitrogens with zero attached hydrogens (tertiary/aromatic N) is 1. The van der Waals surface area contributed by atoms with Gasteiger partial charge in [0.25, 0.3) is 0 Å². The normalized spacial score (nSPS) is 14.5. The highest BCUT2D eigenvalue weighted by molar-refractivity contribution is 9.10. The van der Waals surface area contributed by atoms with Gasteiger partial charge in [-0.15, -0.1) is 0 Å². The van der Waals surface area contributed by atoms with Gasteiger partial charge < -0.3 is 0 Å². The molecule has 0 aromatic heterocycles. The molecule has 2 heteroatoms. The molecule has 2 rings (SSSR count). The molecule has 0 aliphatic carbocycles. The van der Waals surface area contributed by atoms with Gasteiger partial charge in [0.2, 0.25) is 0 Å². The first kappa shape index (κ1) is 6.23. The van der Waals surface area contributed by atoms with Gasteiger partial charge in [0.1, 0.15) is 0 Å². The van der Waals surface area contributed by atoms with E-state index in [9.17, 15) is 0 Å². The Hall–Kier alpha value is -0.500. The molecule has 0 saturated heterocycles. The molecule has 0 amide bonds. The van der Waals surface area contributed by atoms with Crippen molar-refractivity contribution in [3.8, 4) is 0 Å². The second-order valence-electron chi connectivity index (χ2n) is 2.38. The van der Waals surface area contributed by atoms with Crippen LogP contribution in [0.1, 0.15) is 5.56 Å². The van der Waals surface area contributed by atoms with Crippen LogP contribution in [0.25, 0.3) is 0 Å². The third kappa shape index (κ3) is 0.833. The predicted octanol–water partition coefficient (Wildman–Crippen LogP) is 2.24. The van der Waals surface area contributed by atoms with Crippen LogP contribution >= 0.6 is 15.9 Å². The van der Waals surface area contributed by atoms with Crippen molar-refractivity contribution in [1.29, 1.82) is 0 Å². The van der Waals surface area contributed by atoms with E-state index in [2.05, 4.69) is 33.4 Å². The Morgan fingerprint density at radius 2 is 2.30 bits per heavy atom. The zero-order valence-electron chi connectivity index (χ0n) is 5.47. The van der Waals surface area contributed by atoms with Gasteiger partial charge in [0.05, 0.1) is 5.69 Å². The number of rotatable bonds is 0. The molecule has 0 saturated carbocycles. The van der Waals surface area contributed by atoms with E-state index in [1.165, 1.54) is 5.56 Å². The largest absolute Gasteiger partial charge is 0.284 e. The highest BCUT2D eigenvalue weighted by Gasteiger charge is 2.12. The minimum Gasteiger partial charge on any atom is -0.284 e. The van der Waals surface area contributed by atoms with Crippen molar-refractivity contribution in [1.82, 2.24) is 5.32 Å². The summed E-state index contributed by atoms with van der Waals surface area (Å²) < 4.78 is 1.13. The van der Waals surface area contributed by atoms with Gasteiger partial charge in [-0.1, -0.05) is 12.1 Å². The topological polar surface area (TPSA) is 14.1 Å². The van der Waals surface area contributed by atoms with E-state index in [1.54, 1.807) is 0 Å². The van der Waals surface area contributed by atoms with Crippen LogP contribution in [0.5, 0.6) is 0 Å². The highest BCUT2D eigenvalue weighted by Crippen LogP contribution is 2.30. The van der Waals surface area contributed by atoms with Crippen LogP contribution in [-0.4, -0.2) is 6.54 Å². The van der Waals surface area contributed by atoms with Crippen molar-refractivity contribution in [3.05, 3.63) is 28.2 Å². The van der Waals surface area contributed by atoms with Crippen molar-refractivity contribution in [2.45, 2.75) is 6.42 Å². The molecule has 1 aliphatic heterocycles. The molecule has 1 radical (unpaired) electrons. The SMILES string of the molecule is Brc1cccc2c1[N]CC2. The van der Waals surface area contributed by atoms with Gasteiger partial charge in [-0.25, -0.2) is 0 Å². The molecular weight excluding hydrogens is 190 g/mol. The van der Waals surface area contributed by atoms with Crippen LogP contribution in [-0.2, 0) is 6.42 Å². The Bertz CT molecular complexity index is 257. The Morgan fingerprint density at radius 3 is 3.10 bits per heavy atom. The van der Waals surface area contributed by atoms with Gasteiger partial charge in [-0.05, 0) is 34.0 Å². The molecule has 1 aliphatic rings. The van der Waals surface area contributed by atoms with Gasteiger partial charge in [-0.3, -0.25) is 5.32 Å². The summed E-state index contributed by atoms with van der Waals surface area (Å²) in [5.41, 5.74) is 2.52. The van der Waals surface area contributed by atoms with Crippen LogP contribution in [0.3, 0.4) is 0 Å². The lowest BCUT2D eigenvalue weighted by Crippen LogP contribution is -1.89. The van der Waals surface area contributed by atoms with E-state index < -0.39 is 0 Å². The van der Waals surface area contributed by atoms with Crippen molar-refractivity contribution in [2.75, 3.05) is 6.54 Å². The quantitative estimate of drug-likeness (QED) is 0.605. The van der Waals surface area contributed by atoms with Gasteiger partial charge in [0, 0.05) is 11.0 Å². The predicted molar refractivity (Wildman–Crippen MR) is 44.5 cm³/mol. The number of hydrogen-bond donors (Lipinski definition) is 0. The molecule has 51 valence electrons. The van der Waals surface area contributed by atoms with E-state index in [0.717, 1.165) is 23.1 Å². The molecule has 0 unspecified atom stereocenters. The maximum absolute atomic E-state index is 4.35. The molecule has 1 aromatic carbocycles. The van der Waals surface area contributed by atoms with E-state index in [1.807, 2.05) is 6.07 Å². The summed E-state index contributed by atoms with van der Waals surface area (Å²) in [6, 6.07) is 6.23. The van der Waals surface area contributed by atoms with Gasteiger partial charge in [-0.2, -0.15) is 0 Å². The molecule has 0 atom stereocenters. The summed E-state index contributed by atoms with van der Waals surface area (Å²) in [5, 5.41) is 4.35. The Kier molecular flexibility index (Phi) is 1.42. The zero-order valence-corrected chi connectivity index (χ0v) is 7.06. The zero-order chi connectivity index (χ0) is 6.97. The fraction of sp³-hybridized carbons (Fsp3) is 0.250. The first-order valence-electron chi connectivity index (χ1n) is 3.33. The molecule has 1 aromatic rings. The fourth-order valence-electron chi connectivity index (χ4n) is 1.23. The summed E-state index contributed by atoms with van der Waals surface area (Å²) in [6.45, 7) is 0.956. The minimum absolute atomic E-state index is 0.956. The van der Waals surface area contributed by atoms with Crippen molar-refractivity contribution < 1.29 is 0 Å². The molecule has 1 nitrogen and oxygen atoms in total. The average Bonchev–Trinajstić information content (AvgIpc) is 2.36. The summed E-state index contributed by atoms with van der Waals surface area (Å²) in [5.74, 6) is 0. The van der Waals surface area contributed by atoms with E-state index in [-0.39, 0.29) is 0 Å². The summed E-state index contributed by atoms with van der Waals surface area (Å²) >= 11 is 3.45. The average molecular weight is 197 g/mol. The van der Waals surface area contributed by atoms with Gasteiger partial charge in [0.15, 0.2) is 0 Å². The third-order valence-corrected chi connectivity index (χ3v) is 2.36. The Labute approximate surface area is 68.6 Å². The Morgan fingerprint density at radius 1 is 1.40 bits per heavy atom. The van der Waals surface area contributed by atoms with Crippen molar-refractivity contribution in [2.24, 2.45) is 0 Å². The van der Waals surface area contributed by atoms with Crippen LogP contribution in [0, 0.1) is 0 Å². The summed E-state index contributed by atoms with van der Waals surface area (Å²) in [4.78, 5) is 0. The van der Waals surface area contributed by atoms with E-state index >= 15 is 0 Å². The molecule has 0 bridgehead atoms. The smallest absolute Gasteiger partial charge is 0.0749 e. The highest BCUT2D eigenvalue weighted by atomic mass is 79.9. The maximum atomic E-state index is 4.35. The second-order valence-corrected chi connectivity index (χ2v) is 3.23. The lowest BCUT2D eigenvalue weighted by atomic mass is 10.2. The third-order valence-electron chi connectivity index (χ3n) is 1.72. The second kappa shape index (κ2) is 2.27. The monoisotopic (exact) mass is 196 g/mol. The Balaban J connectivity index is 2.59. The summed E-state index contributed by atoms with van der Waals surface area (Å²) in [7, 11) is 0. The first-order chi connectivity index (χ1) is 4.88. The number of benzene rings is 1. The number of hydrogen-bond acceptors (Lipinski definition) is 0. The lowest BCUT2D eigenvalue weighted by molar-refractivity contribution is 0.907. The van der Waals surface area contributed by atoms with Gasteiger partial charge >= 0.3 is 0 Å². The van der Waals surface area contributed by atoms with Crippen LogP contribution in [0.4, 0.5) is 5.69 Å². The van der Waals surface area contributed by atoms with Crippen LogP contribution in [0.2, 0.25) is 0 Å². The molecule has 0 spiro atoms.